The number of fused-ring (bicyclic) bond motifs is 1. The van der Waals surface area contributed by atoms with Gasteiger partial charge in [0.2, 0.25) is 0 Å². The molecule has 3 nitrogen and oxygen atoms in total. The zero-order chi connectivity index (χ0) is 18.7. The standard InChI is InChI=1S/C21H24ClNO2Si/c1-26(2,3)12-11-25-15-23-20-10-5-4-9-18(20)19(21(23)24)14-16-7-6-8-17(22)13-16/h4-10,13-14H,11-12,15H2,1-3H3. The largest absolute Gasteiger partial charge is 0.361 e. The minimum Gasteiger partial charge on any atom is -0.361 e. The summed E-state index contributed by atoms with van der Waals surface area (Å²) in [5.41, 5.74) is 3.43. The van der Waals surface area contributed by atoms with Crippen molar-refractivity contribution in [2.24, 2.45) is 0 Å². The summed E-state index contributed by atoms with van der Waals surface area (Å²) in [6.45, 7) is 7.93. The summed E-state index contributed by atoms with van der Waals surface area (Å²) in [7, 11) is -1.14. The first-order valence-electron chi connectivity index (χ1n) is 8.81. The lowest BCUT2D eigenvalue weighted by molar-refractivity contribution is -0.114. The Morgan fingerprint density at radius 3 is 2.62 bits per heavy atom. The van der Waals surface area contributed by atoms with Gasteiger partial charge in [0.15, 0.2) is 0 Å². The maximum atomic E-state index is 13.0. The van der Waals surface area contributed by atoms with Crippen molar-refractivity contribution in [3.8, 4) is 0 Å². The molecule has 0 fully saturated rings. The molecule has 1 heterocycles. The van der Waals surface area contributed by atoms with Crippen molar-refractivity contribution < 1.29 is 9.53 Å². The van der Waals surface area contributed by atoms with Crippen LogP contribution in [0.5, 0.6) is 0 Å². The van der Waals surface area contributed by atoms with Gasteiger partial charge in [-0.15, -0.1) is 0 Å². The van der Waals surface area contributed by atoms with E-state index in [0.717, 1.165) is 22.9 Å². The zero-order valence-corrected chi connectivity index (χ0v) is 17.2. The van der Waals surface area contributed by atoms with E-state index in [9.17, 15) is 4.79 Å². The van der Waals surface area contributed by atoms with Crippen LogP contribution in [0.2, 0.25) is 30.7 Å². The zero-order valence-electron chi connectivity index (χ0n) is 15.5. The SMILES string of the molecule is C[Si](C)(C)CCOCN1C(=O)C(=Cc2cccc(Cl)c2)c2ccccc21. The van der Waals surface area contributed by atoms with Crippen molar-refractivity contribution in [1.82, 2.24) is 0 Å². The van der Waals surface area contributed by atoms with Gasteiger partial charge in [-0.1, -0.05) is 61.6 Å². The van der Waals surface area contributed by atoms with Gasteiger partial charge >= 0.3 is 0 Å². The van der Waals surface area contributed by atoms with E-state index in [1.807, 2.05) is 54.6 Å². The molecule has 26 heavy (non-hydrogen) atoms. The van der Waals surface area contributed by atoms with Crippen LogP contribution in [0.4, 0.5) is 5.69 Å². The fraction of sp³-hybridized carbons (Fsp3) is 0.286. The lowest BCUT2D eigenvalue weighted by Crippen LogP contribution is -2.30. The molecule has 0 radical (unpaired) electrons. The van der Waals surface area contributed by atoms with E-state index < -0.39 is 8.07 Å². The molecular weight excluding hydrogens is 362 g/mol. The predicted molar refractivity (Wildman–Crippen MR) is 112 cm³/mol. The quantitative estimate of drug-likeness (QED) is 0.371. The summed E-state index contributed by atoms with van der Waals surface area (Å²) >= 11 is 6.08. The second kappa shape index (κ2) is 7.78. The summed E-state index contributed by atoms with van der Waals surface area (Å²) in [6, 6.07) is 16.4. The van der Waals surface area contributed by atoms with Gasteiger partial charge in [-0.25, -0.2) is 0 Å². The summed E-state index contributed by atoms with van der Waals surface area (Å²) < 4.78 is 5.83. The van der Waals surface area contributed by atoms with Crippen LogP contribution < -0.4 is 4.90 Å². The summed E-state index contributed by atoms with van der Waals surface area (Å²) in [5, 5.41) is 0.657. The van der Waals surface area contributed by atoms with Gasteiger partial charge in [0, 0.05) is 30.8 Å². The fourth-order valence-electron chi connectivity index (χ4n) is 2.87. The van der Waals surface area contributed by atoms with Crippen LogP contribution in [0.15, 0.2) is 48.5 Å². The van der Waals surface area contributed by atoms with Crippen molar-refractivity contribution in [1.29, 1.82) is 0 Å². The first kappa shape index (κ1) is 18.9. The van der Waals surface area contributed by atoms with Gasteiger partial charge in [0.25, 0.3) is 5.91 Å². The lowest BCUT2D eigenvalue weighted by atomic mass is 10.0. The third-order valence-electron chi connectivity index (χ3n) is 4.34. The number of halogens is 1. The normalized spacial score (nSPS) is 15.6. The van der Waals surface area contributed by atoms with E-state index in [1.54, 1.807) is 4.90 Å². The Hall–Kier alpha value is -1.88. The predicted octanol–water partition coefficient (Wildman–Crippen LogP) is 5.54. The van der Waals surface area contributed by atoms with Gasteiger partial charge in [-0.05, 0) is 35.9 Å². The molecule has 2 aromatic rings. The van der Waals surface area contributed by atoms with Crippen LogP contribution in [0.3, 0.4) is 0 Å². The molecule has 0 saturated carbocycles. The molecule has 0 spiro atoms. The number of carbonyl (C=O) groups is 1. The van der Waals surface area contributed by atoms with E-state index in [0.29, 0.717) is 17.2 Å². The van der Waals surface area contributed by atoms with Gasteiger partial charge in [-0.3, -0.25) is 9.69 Å². The Labute approximate surface area is 161 Å². The number of para-hydroxylation sites is 1. The Morgan fingerprint density at radius 2 is 1.88 bits per heavy atom. The molecule has 1 aliphatic rings. The van der Waals surface area contributed by atoms with Crippen molar-refractivity contribution in [3.63, 3.8) is 0 Å². The highest BCUT2D eigenvalue weighted by atomic mass is 35.5. The summed E-state index contributed by atoms with van der Waals surface area (Å²) in [4.78, 5) is 14.7. The number of rotatable bonds is 6. The smallest absolute Gasteiger partial charge is 0.260 e. The molecule has 3 rings (SSSR count). The first-order chi connectivity index (χ1) is 12.3. The molecule has 0 bridgehead atoms. The number of benzene rings is 2. The van der Waals surface area contributed by atoms with Crippen LogP contribution in [-0.4, -0.2) is 27.3 Å². The van der Waals surface area contributed by atoms with Gasteiger partial charge in [0.05, 0.1) is 5.69 Å². The topological polar surface area (TPSA) is 29.5 Å². The molecule has 0 N–H and O–H groups in total. The Morgan fingerprint density at radius 1 is 1.12 bits per heavy atom. The lowest BCUT2D eigenvalue weighted by Gasteiger charge is -2.19. The second-order valence-electron chi connectivity index (χ2n) is 7.71. The number of ether oxygens (including phenoxy) is 1. The van der Waals surface area contributed by atoms with Crippen LogP contribution in [0, 0.1) is 0 Å². The molecular formula is C21H24ClNO2Si. The molecule has 5 heteroatoms. The number of anilines is 1. The minimum atomic E-state index is -1.14. The minimum absolute atomic E-state index is 0.0285. The van der Waals surface area contributed by atoms with E-state index in [1.165, 1.54) is 0 Å². The van der Waals surface area contributed by atoms with Crippen molar-refractivity contribution >= 4 is 42.9 Å². The monoisotopic (exact) mass is 385 g/mol. The number of carbonyl (C=O) groups excluding carboxylic acids is 1. The van der Waals surface area contributed by atoms with Crippen molar-refractivity contribution in [3.05, 3.63) is 64.7 Å². The maximum absolute atomic E-state index is 13.0. The molecule has 1 aliphatic heterocycles. The number of amides is 1. The van der Waals surface area contributed by atoms with Crippen LogP contribution in [0.1, 0.15) is 11.1 Å². The third-order valence-corrected chi connectivity index (χ3v) is 6.28. The number of nitrogens with zero attached hydrogens (tertiary/aromatic N) is 1. The van der Waals surface area contributed by atoms with E-state index in [2.05, 4.69) is 19.6 Å². The molecule has 0 aliphatic carbocycles. The van der Waals surface area contributed by atoms with Gasteiger partial charge in [0.1, 0.15) is 6.73 Å². The van der Waals surface area contributed by atoms with Crippen molar-refractivity contribution in [2.75, 3.05) is 18.2 Å². The molecule has 0 saturated heterocycles. The maximum Gasteiger partial charge on any atom is 0.260 e. The van der Waals surface area contributed by atoms with Crippen LogP contribution >= 0.6 is 11.6 Å². The highest BCUT2D eigenvalue weighted by molar-refractivity contribution is 6.76. The highest BCUT2D eigenvalue weighted by Crippen LogP contribution is 2.37. The third kappa shape index (κ3) is 4.44. The molecule has 2 aromatic carbocycles. The highest BCUT2D eigenvalue weighted by Gasteiger charge is 2.32. The van der Waals surface area contributed by atoms with E-state index in [4.69, 9.17) is 16.3 Å². The average Bonchev–Trinajstić information content (AvgIpc) is 2.83. The van der Waals surface area contributed by atoms with Gasteiger partial charge in [-0.2, -0.15) is 0 Å². The number of hydrogen-bond acceptors (Lipinski definition) is 2. The van der Waals surface area contributed by atoms with Crippen LogP contribution in [0.25, 0.3) is 11.6 Å². The van der Waals surface area contributed by atoms with Crippen molar-refractivity contribution in [2.45, 2.75) is 25.7 Å². The Bertz CT molecular complexity index is 842. The van der Waals surface area contributed by atoms with Crippen LogP contribution in [-0.2, 0) is 9.53 Å². The fourth-order valence-corrected chi connectivity index (χ4v) is 3.83. The molecule has 136 valence electrons. The van der Waals surface area contributed by atoms with E-state index >= 15 is 0 Å². The summed E-state index contributed by atoms with van der Waals surface area (Å²) in [6.07, 6.45) is 1.90. The number of hydrogen-bond donors (Lipinski definition) is 0. The van der Waals surface area contributed by atoms with Gasteiger partial charge < -0.3 is 4.74 Å². The second-order valence-corrected chi connectivity index (χ2v) is 13.8. The molecule has 0 atom stereocenters. The Balaban J connectivity index is 1.82. The molecule has 0 unspecified atom stereocenters. The molecule has 0 aromatic heterocycles. The van der Waals surface area contributed by atoms with E-state index in [-0.39, 0.29) is 12.6 Å². The Kier molecular flexibility index (Phi) is 5.66. The first-order valence-corrected chi connectivity index (χ1v) is 12.9. The summed E-state index contributed by atoms with van der Waals surface area (Å²) in [5.74, 6) is -0.0285. The molecule has 1 amide bonds. The average molecular weight is 386 g/mol.